The van der Waals surface area contributed by atoms with Crippen LogP contribution in [-0.4, -0.2) is 51.7 Å². The Morgan fingerprint density at radius 1 is 1.09 bits per heavy atom. The van der Waals surface area contributed by atoms with Gasteiger partial charge in [0.2, 0.25) is 0 Å². The fourth-order valence-electron chi connectivity index (χ4n) is 4.16. The molecule has 1 fully saturated rings. The Balaban J connectivity index is 1.57. The van der Waals surface area contributed by atoms with Crippen LogP contribution in [0.1, 0.15) is 77.8 Å². The minimum atomic E-state index is -0.842. The molecule has 0 bridgehead atoms. The molecule has 0 atom stereocenters. The van der Waals surface area contributed by atoms with Crippen molar-refractivity contribution in [2.24, 2.45) is 0 Å². The summed E-state index contributed by atoms with van der Waals surface area (Å²) in [6.45, 7) is 6.72. The fourth-order valence-corrected chi connectivity index (χ4v) is 4.16. The third kappa shape index (κ3) is 6.57. The number of hydrogen-bond donors (Lipinski definition) is 3. The van der Waals surface area contributed by atoms with Crippen molar-refractivity contribution in [3.05, 3.63) is 64.7 Å². The molecule has 3 rings (SSSR count). The van der Waals surface area contributed by atoms with E-state index >= 15 is 0 Å². The Kier molecular flexibility index (Phi) is 7.94. The van der Waals surface area contributed by atoms with Crippen LogP contribution in [0.2, 0.25) is 0 Å². The van der Waals surface area contributed by atoms with Crippen molar-refractivity contribution in [1.29, 1.82) is 0 Å². The van der Waals surface area contributed by atoms with Crippen LogP contribution in [0.25, 0.3) is 0 Å². The number of carbonyl (C=O) groups is 3. The molecule has 2 amide bonds. The molecule has 8 heteroatoms. The molecule has 34 heavy (non-hydrogen) atoms. The molecule has 182 valence electrons. The van der Waals surface area contributed by atoms with Crippen LogP contribution in [0.3, 0.4) is 0 Å². The quantitative estimate of drug-likeness (QED) is 0.337. The van der Waals surface area contributed by atoms with Crippen molar-refractivity contribution in [3.8, 4) is 5.75 Å². The number of amides is 2. The van der Waals surface area contributed by atoms with Crippen LogP contribution in [-0.2, 0) is 16.0 Å². The highest BCUT2D eigenvalue weighted by Gasteiger charge is 2.26. The SMILES string of the molecule is CC(C)(C)OC(=O)CCc1cccc(C2CCN(C(=O)c3ccc(C(=O)NO)c(O)c3)CC2)c1. The van der Waals surface area contributed by atoms with Gasteiger partial charge < -0.3 is 14.7 Å². The number of hydroxylamine groups is 1. The van der Waals surface area contributed by atoms with E-state index in [2.05, 4.69) is 12.1 Å². The minimum absolute atomic E-state index is 0.107. The van der Waals surface area contributed by atoms with Crippen LogP contribution >= 0.6 is 0 Å². The normalized spacial score (nSPS) is 14.5. The molecule has 0 saturated carbocycles. The van der Waals surface area contributed by atoms with Crippen molar-refractivity contribution in [3.63, 3.8) is 0 Å². The first kappa shape index (κ1) is 25.2. The Morgan fingerprint density at radius 3 is 2.41 bits per heavy atom. The number of aromatic hydroxyl groups is 1. The summed E-state index contributed by atoms with van der Waals surface area (Å²) in [5.74, 6) is -1.31. The Labute approximate surface area is 199 Å². The van der Waals surface area contributed by atoms with Crippen LogP contribution in [0, 0.1) is 0 Å². The first-order valence-electron chi connectivity index (χ1n) is 11.4. The topological polar surface area (TPSA) is 116 Å². The van der Waals surface area contributed by atoms with Crippen molar-refractivity contribution in [1.82, 2.24) is 10.4 Å². The maximum atomic E-state index is 12.9. The van der Waals surface area contributed by atoms with Crippen molar-refractivity contribution >= 4 is 17.8 Å². The highest BCUT2D eigenvalue weighted by atomic mass is 16.6. The first-order valence-corrected chi connectivity index (χ1v) is 11.4. The average Bonchev–Trinajstić information content (AvgIpc) is 2.81. The number of carbonyl (C=O) groups excluding carboxylic acids is 3. The molecule has 1 aliphatic rings. The van der Waals surface area contributed by atoms with Gasteiger partial charge in [-0.15, -0.1) is 0 Å². The third-order valence-electron chi connectivity index (χ3n) is 5.83. The lowest BCUT2D eigenvalue weighted by Crippen LogP contribution is -2.38. The maximum Gasteiger partial charge on any atom is 0.306 e. The van der Waals surface area contributed by atoms with Gasteiger partial charge in [-0.05, 0) is 75.3 Å². The molecule has 2 aromatic rings. The second-order valence-electron chi connectivity index (χ2n) is 9.57. The zero-order chi connectivity index (χ0) is 24.9. The highest BCUT2D eigenvalue weighted by Crippen LogP contribution is 2.30. The van der Waals surface area contributed by atoms with E-state index < -0.39 is 11.5 Å². The summed E-state index contributed by atoms with van der Waals surface area (Å²) in [6.07, 6.45) is 2.56. The van der Waals surface area contributed by atoms with Crippen molar-refractivity contribution in [2.75, 3.05) is 13.1 Å². The van der Waals surface area contributed by atoms with Gasteiger partial charge in [0.15, 0.2) is 0 Å². The van der Waals surface area contributed by atoms with Gasteiger partial charge in [-0.1, -0.05) is 24.3 Å². The van der Waals surface area contributed by atoms with Crippen molar-refractivity contribution < 1.29 is 29.4 Å². The zero-order valence-corrected chi connectivity index (χ0v) is 19.8. The number of esters is 1. The summed E-state index contributed by atoms with van der Waals surface area (Å²) < 4.78 is 5.39. The van der Waals surface area contributed by atoms with Gasteiger partial charge in [-0.2, -0.15) is 0 Å². The number of nitrogens with zero attached hydrogens (tertiary/aromatic N) is 1. The molecule has 8 nitrogen and oxygen atoms in total. The number of hydrogen-bond acceptors (Lipinski definition) is 6. The molecule has 1 heterocycles. The Hall–Kier alpha value is -3.39. The average molecular weight is 469 g/mol. The molecular formula is C26H32N2O6. The van der Waals surface area contributed by atoms with Crippen molar-refractivity contribution in [2.45, 2.75) is 58.0 Å². The summed E-state index contributed by atoms with van der Waals surface area (Å²) in [7, 11) is 0. The monoisotopic (exact) mass is 468 g/mol. The largest absolute Gasteiger partial charge is 0.507 e. The molecule has 0 spiro atoms. The lowest BCUT2D eigenvalue weighted by molar-refractivity contribution is -0.154. The number of likely N-dealkylation sites (tertiary alicyclic amines) is 1. The Morgan fingerprint density at radius 2 is 1.79 bits per heavy atom. The van der Waals surface area contributed by atoms with E-state index in [0.29, 0.717) is 31.8 Å². The number of benzene rings is 2. The summed E-state index contributed by atoms with van der Waals surface area (Å²) in [4.78, 5) is 38.1. The van der Waals surface area contributed by atoms with E-state index in [0.717, 1.165) is 18.4 Å². The number of rotatable bonds is 6. The van der Waals surface area contributed by atoms with E-state index in [4.69, 9.17) is 9.94 Å². The molecule has 1 aliphatic heterocycles. The molecule has 2 aromatic carbocycles. The smallest absolute Gasteiger partial charge is 0.306 e. The highest BCUT2D eigenvalue weighted by molar-refractivity contribution is 5.99. The first-order chi connectivity index (χ1) is 16.1. The van der Waals surface area contributed by atoms with Gasteiger partial charge >= 0.3 is 5.97 Å². The molecule has 0 aromatic heterocycles. The van der Waals surface area contributed by atoms with Gasteiger partial charge in [-0.3, -0.25) is 19.6 Å². The van der Waals surface area contributed by atoms with E-state index in [1.807, 2.05) is 32.9 Å². The van der Waals surface area contributed by atoms with Gasteiger partial charge in [0.05, 0.1) is 5.56 Å². The number of phenolic OH excluding ortho intramolecular Hbond substituents is 1. The molecule has 1 saturated heterocycles. The number of nitrogens with one attached hydrogen (secondary N) is 1. The zero-order valence-electron chi connectivity index (χ0n) is 19.8. The number of ether oxygens (including phenoxy) is 1. The second-order valence-corrected chi connectivity index (χ2v) is 9.57. The second kappa shape index (κ2) is 10.7. The predicted molar refractivity (Wildman–Crippen MR) is 126 cm³/mol. The third-order valence-corrected chi connectivity index (χ3v) is 5.83. The van der Waals surface area contributed by atoms with Crippen LogP contribution in [0.15, 0.2) is 42.5 Å². The maximum absolute atomic E-state index is 12.9. The fraction of sp³-hybridized carbons (Fsp3) is 0.423. The molecular weight excluding hydrogens is 436 g/mol. The summed E-state index contributed by atoms with van der Waals surface area (Å²) >= 11 is 0. The van der Waals surface area contributed by atoms with Gasteiger partial charge in [0, 0.05) is 25.1 Å². The van der Waals surface area contributed by atoms with Gasteiger partial charge in [-0.25, -0.2) is 5.48 Å². The van der Waals surface area contributed by atoms with Gasteiger partial charge in [0.1, 0.15) is 11.4 Å². The number of phenols is 1. The van der Waals surface area contributed by atoms with E-state index in [1.54, 1.807) is 4.90 Å². The minimum Gasteiger partial charge on any atom is -0.507 e. The van der Waals surface area contributed by atoms with E-state index in [9.17, 15) is 19.5 Å². The number of aryl methyl sites for hydroxylation is 1. The van der Waals surface area contributed by atoms with Crippen LogP contribution < -0.4 is 5.48 Å². The lowest BCUT2D eigenvalue weighted by atomic mass is 9.88. The summed E-state index contributed by atoms with van der Waals surface area (Å²) in [5.41, 5.74) is 3.44. The van der Waals surface area contributed by atoms with Gasteiger partial charge in [0.25, 0.3) is 11.8 Å². The van der Waals surface area contributed by atoms with E-state index in [-0.39, 0.29) is 28.8 Å². The standard InChI is InChI=1S/C26H32N2O6/c1-26(2,3)34-23(30)10-7-17-5-4-6-19(15-17)18-11-13-28(14-12-18)25(32)20-8-9-21(22(29)16-20)24(31)27-33/h4-6,8-9,15-16,18,29,33H,7,10-14H2,1-3H3,(H,27,31). The molecule has 0 unspecified atom stereocenters. The molecule has 0 aliphatic carbocycles. The van der Waals surface area contributed by atoms with E-state index in [1.165, 1.54) is 29.2 Å². The molecule has 0 radical (unpaired) electrons. The summed E-state index contributed by atoms with van der Waals surface area (Å²) in [6, 6.07) is 12.3. The van der Waals surface area contributed by atoms with Crippen LogP contribution in [0.5, 0.6) is 5.75 Å². The Bertz CT molecular complexity index is 1050. The lowest BCUT2D eigenvalue weighted by Gasteiger charge is -2.32. The molecule has 3 N–H and O–H groups in total. The number of piperidine rings is 1. The summed E-state index contributed by atoms with van der Waals surface area (Å²) in [5, 5.41) is 18.7. The predicted octanol–water partition coefficient (Wildman–Crippen LogP) is 3.81. The van der Waals surface area contributed by atoms with Crippen LogP contribution in [0.4, 0.5) is 0 Å².